The number of hydrogen-bond donors (Lipinski definition) is 4. The van der Waals surface area contributed by atoms with Crippen LogP contribution in [0.25, 0.3) is 16.6 Å². The van der Waals surface area contributed by atoms with Gasteiger partial charge in [-0.2, -0.15) is 0 Å². The van der Waals surface area contributed by atoms with E-state index in [0.29, 0.717) is 22.3 Å². The summed E-state index contributed by atoms with van der Waals surface area (Å²) in [6, 6.07) is 9.43. The van der Waals surface area contributed by atoms with Gasteiger partial charge in [-0.25, -0.2) is 31.7 Å². The van der Waals surface area contributed by atoms with E-state index < -0.39 is 33.1 Å². The molecule has 0 aliphatic carbocycles. The van der Waals surface area contributed by atoms with E-state index in [9.17, 15) is 27.2 Å². The topological polar surface area (TPSA) is 142 Å². The summed E-state index contributed by atoms with van der Waals surface area (Å²) in [5.41, 5.74) is -1.04. The number of anilines is 2. The molecule has 0 aliphatic rings. The number of aromatic nitrogens is 2. The Morgan fingerprint density at radius 1 is 1.11 bits per heavy atom. The fourth-order valence-corrected chi connectivity index (χ4v) is 5.68. The molecule has 10 nitrogen and oxygen atoms in total. The lowest BCUT2D eigenvalue weighted by molar-refractivity contribution is 0.256. The number of nitrogens with one attached hydrogen (secondary N) is 4. The molecule has 14 heteroatoms. The first-order chi connectivity index (χ1) is 16.6. The second-order valence-corrected chi connectivity index (χ2v) is 10.8. The lowest BCUT2D eigenvalue weighted by atomic mass is 10.2. The van der Waals surface area contributed by atoms with Crippen LogP contribution in [-0.4, -0.2) is 30.5 Å². The normalized spacial score (nSPS) is 11.4. The molecule has 0 aliphatic heterocycles. The van der Waals surface area contributed by atoms with Gasteiger partial charge in [-0.1, -0.05) is 11.6 Å². The molecule has 0 fully saturated rings. The minimum Gasteiger partial charge on any atom is -0.385 e. The minimum absolute atomic E-state index is 0.108. The molecule has 0 bridgehead atoms. The molecule has 2 aromatic carbocycles. The first-order valence-corrected chi connectivity index (χ1v) is 12.7. The van der Waals surface area contributed by atoms with Crippen molar-refractivity contribution in [2.45, 2.75) is 11.1 Å². The Balaban J connectivity index is 1.61. The number of aromatic amines is 1. The van der Waals surface area contributed by atoms with E-state index in [0.717, 1.165) is 23.5 Å². The van der Waals surface area contributed by atoms with Gasteiger partial charge in [0.15, 0.2) is 0 Å². The van der Waals surface area contributed by atoms with Crippen molar-refractivity contribution >= 4 is 61.3 Å². The number of halogens is 2. The van der Waals surface area contributed by atoms with Crippen molar-refractivity contribution in [1.29, 1.82) is 0 Å². The zero-order chi connectivity index (χ0) is 25.3. The predicted molar refractivity (Wildman–Crippen MR) is 133 cm³/mol. The Bertz CT molecular complexity index is 1680. The summed E-state index contributed by atoms with van der Waals surface area (Å²) in [5, 5.41) is 5.43. The van der Waals surface area contributed by atoms with E-state index in [1.807, 2.05) is 6.92 Å². The van der Waals surface area contributed by atoms with Gasteiger partial charge < -0.3 is 15.6 Å². The zero-order valence-electron chi connectivity index (χ0n) is 17.9. The summed E-state index contributed by atoms with van der Waals surface area (Å²) in [7, 11) is -4.18. The number of thiophene rings is 1. The van der Waals surface area contributed by atoms with Crippen LogP contribution in [0.15, 0.2) is 62.3 Å². The molecular formula is C21H17ClFN5O5S2. The summed E-state index contributed by atoms with van der Waals surface area (Å²) in [5.74, 6) is -0.994. The molecule has 2 amide bonds. The van der Waals surface area contributed by atoms with Gasteiger partial charge in [-0.3, -0.25) is 4.79 Å². The van der Waals surface area contributed by atoms with E-state index in [1.165, 1.54) is 24.3 Å². The highest BCUT2D eigenvalue weighted by Gasteiger charge is 2.20. The van der Waals surface area contributed by atoms with Crippen LogP contribution in [-0.2, 0) is 10.0 Å². The summed E-state index contributed by atoms with van der Waals surface area (Å²) in [6.45, 7) is 2.54. The molecule has 4 N–H and O–H groups in total. The number of benzene rings is 2. The fourth-order valence-electron chi connectivity index (χ4n) is 3.29. The van der Waals surface area contributed by atoms with Gasteiger partial charge in [0.2, 0.25) is 0 Å². The molecular weight excluding hydrogens is 521 g/mol. The number of H-pyrrole nitrogens is 1. The van der Waals surface area contributed by atoms with E-state index in [2.05, 4.69) is 15.6 Å². The molecule has 0 atom stereocenters. The van der Waals surface area contributed by atoms with Gasteiger partial charge in [0.25, 0.3) is 15.6 Å². The smallest absolute Gasteiger partial charge is 0.333 e. The number of fused-ring (bicyclic) bond motifs is 1. The van der Waals surface area contributed by atoms with Crippen molar-refractivity contribution < 1.29 is 17.6 Å². The molecule has 0 radical (unpaired) electrons. The largest absolute Gasteiger partial charge is 0.385 e. The van der Waals surface area contributed by atoms with E-state index >= 15 is 0 Å². The fraction of sp³-hybridized carbons (Fsp3) is 0.0952. The second-order valence-electron chi connectivity index (χ2n) is 7.15. The molecule has 0 unspecified atom stereocenters. The van der Waals surface area contributed by atoms with Crippen molar-refractivity contribution in [3.05, 3.63) is 79.5 Å². The van der Waals surface area contributed by atoms with Crippen LogP contribution in [0.5, 0.6) is 0 Å². The summed E-state index contributed by atoms with van der Waals surface area (Å²) < 4.78 is 41.8. The maximum Gasteiger partial charge on any atom is 0.333 e. The molecule has 0 saturated heterocycles. The van der Waals surface area contributed by atoms with Crippen molar-refractivity contribution in [2.24, 2.45) is 0 Å². The third-order valence-corrected chi connectivity index (χ3v) is 7.82. The van der Waals surface area contributed by atoms with Crippen molar-refractivity contribution in [2.75, 3.05) is 17.2 Å². The van der Waals surface area contributed by atoms with Crippen LogP contribution in [0.1, 0.15) is 6.92 Å². The molecule has 2 aromatic heterocycles. The molecule has 4 aromatic rings. The van der Waals surface area contributed by atoms with E-state index in [4.69, 9.17) is 11.6 Å². The van der Waals surface area contributed by atoms with Crippen molar-refractivity contribution in [3.8, 4) is 5.69 Å². The van der Waals surface area contributed by atoms with E-state index in [1.54, 1.807) is 16.9 Å². The van der Waals surface area contributed by atoms with Gasteiger partial charge in [0, 0.05) is 17.9 Å². The first kappa shape index (κ1) is 24.4. The number of carbonyl (C=O) groups is 1. The summed E-state index contributed by atoms with van der Waals surface area (Å²) in [4.78, 5) is 40.2. The van der Waals surface area contributed by atoms with Crippen molar-refractivity contribution in [3.63, 3.8) is 0 Å². The van der Waals surface area contributed by atoms with Crippen LogP contribution in [0.3, 0.4) is 0 Å². The van der Waals surface area contributed by atoms with Gasteiger partial charge in [-0.05, 0) is 55.5 Å². The molecule has 0 saturated carbocycles. The number of rotatable bonds is 6. The Kier molecular flexibility index (Phi) is 6.65. The molecule has 2 heterocycles. The monoisotopic (exact) mass is 537 g/mol. The van der Waals surface area contributed by atoms with Gasteiger partial charge in [-0.15, -0.1) is 11.3 Å². The molecule has 0 spiro atoms. The minimum atomic E-state index is -4.18. The highest BCUT2D eigenvalue weighted by Crippen LogP contribution is 2.25. The average molecular weight is 538 g/mol. The third-order valence-electron chi connectivity index (χ3n) is 4.77. The van der Waals surface area contributed by atoms with Crippen LogP contribution in [0, 0.1) is 5.82 Å². The Labute approximate surface area is 206 Å². The number of urea groups is 1. The number of nitrogens with zero attached hydrogens (tertiary/aromatic N) is 1. The van der Waals surface area contributed by atoms with Gasteiger partial charge in [0.05, 0.1) is 20.9 Å². The van der Waals surface area contributed by atoms with Gasteiger partial charge in [0.1, 0.15) is 10.0 Å². The van der Waals surface area contributed by atoms with E-state index in [-0.39, 0.29) is 25.3 Å². The second kappa shape index (κ2) is 9.52. The van der Waals surface area contributed by atoms with Crippen LogP contribution < -0.4 is 26.6 Å². The summed E-state index contributed by atoms with van der Waals surface area (Å²) in [6.07, 6.45) is 0. The SMILES string of the molecule is CCNc1ccc2c(=O)n(-c3ccc(NC(=O)NS(=O)(=O)c4ccc(Cl)s4)cc3F)c(=O)[nH]c2c1. The third kappa shape index (κ3) is 5.06. The summed E-state index contributed by atoms with van der Waals surface area (Å²) >= 11 is 6.48. The van der Waals surface area contributed by atoms with Crippen molar-refractivity contribution in [1.82, 2.24) is 14.3 Å². The highest BCUT2D eigenvalue weighted by molar-refractivity contribution is 7.92. The molecule has 182 valence electrons. The maximum atomic E-state index is 14.9. The number of hydrogen-bond acceptors (Lipinski definition) is 7. The van der Waals surface area contributed by atoms with Gasteiger partial charge >= 0.3 is 11.7 Å². The number of carbonyl (C=O) groups excluding carboxylic acids is 1. The maximum absolute atomic E-state index is 14.9. The Morgan fingerprint density at radius 3 is 2.51 bits per heavy atom. The quantitative estimate of drug-likeness (QED) is 0.297. The van der Waals surface area contributed by atoms with Crippen LogP contribution in [0.2, 0.25) is 4.34 Å². The standard InChI is InChI=1S/C21H17ClFN5O5S2/c1-2-24-11-3-5-13-15(10-11)26-21(31)28(19(13)29)16-6-4-12(9-14(16)23)25-20(30)27-35(32,33)18-8-7-17(22)34-18/h3-10,24H,2H2,1H3,(H,26,31)(H2,25,27,30). The lowest BCUT2D eigenvalue weighted by Crippen LogP contribution is -2.35. The van der Waals surface area contributed by atoms with Crippen LogP contribution in [0.4, 0.5) is 20.6 Å². The lowest BCUT2D eigenvalue weighted by Gasteiger charge is -2.11. The molecule has 35 heavy (non-hydrogen) atoms. The molecule has 4 rings (SSSR count). The highest BCUT2D eigenvalue weighted by atomic mass is 35.5. The van der Waals surface area contributed by atoms with Crippen LogP contribution >= 0.6 is 22.9 Å². The first-order valence-electron chi connectivity index (χ1n) is 10.0. The zero-order valence-corrected chi connectivity index (χ0v) is 20.3. The Morgan fingerprint density at radius 2 is 1.86 bits per heavy atom. The predicted octanol–water partition coefficient (Wildman–Crippen LogP) is 3.48. The Hall–Kier alpha value is -3.68. The average Bonchev–Trinajstić information content (AvgIpc) is 3.22. The number of sulfonamides is 1. The number of amides is 2.